The molecular formula is C20H28N2O2. The van der Waals surface area contributed by atoms with Crippen molar-refractivity contribution in [3.05, 3.63) is 41.6 Å². The van der Waals surface area contributed by atoms with Gasteiger partial charge >= 0.3 is 0 Å². The van der Waals surface area contributed by atoms with Crippen LogP contribution in [-0.4, -0.2) is 49.6 Å². The van der Waals surface area contributed by atoms with E-state index in [2.05, 4.69) is 55.7 Å². The number of carbonyl (C=O) groups excluding carboxylic acids is 1. The van der Waals surface area contributed by atoms with Gasteiger partial charge in [-0.25, -0.2) is 0 Å². The van der Waals surface area contributed by atoms with Gasteiger partial charge in [0.05, 0.1) is 19.3 Å². The predicted octanol–water partition coefficient (Wildman–Crippen LogP) is 2.98. The minimum atomic E-state index is -0.148. The van der Waals surface area contributed by atoms with Crippen LogP contribution < -0.4 is 4.90 Å². The van der Waals surface area contributed by atoms with Crippen LogP contribution in [0.4, 0.5) is 5.69 Å². The average Bonchev–Trinajstić information content (AvgIpc) is 2.72. The Hall–Kier alpha value is -1.65. The third kappa shape index (κ3) is 3.01. The van der Waals surface area contributed by atoms with Crippen LogP contribution in [0.25, 0.3) is 0 Å². The van der Waals surface area contributed by atoms with E-state index in [1.54, 1.807) is 0 Å². The molecule has 2 heterocycles. The van der Waals surface area contributed by atoms with E-state index in [4.69, 9.17) is 4.74 Å². The zero-order valence-electron chi connectivity index (χ0n) is 15.4. The summed E-state index contributed by atoms with van der Waals surface area (Å²) in [5, 5.41) is 0. The van der Waals surface area contributed by atoms with Crippen LogP contribution in [0.15, 0.2) is 36.0 Å². The number of carbonyl (C=O) groups is 1. The Morgan fingerprint density at radius 1 is 1.33 bits per heavy atom. The SMILES string of the molecule is C[C@@H]1CN(CC(=O)/C=C2/N(C)c3ccccc3C2(C)C)[C@H](C)CO1. The van der Waals surface area contributed by atoms with Gasteiger partial charge in [-0.1, -0.05) is 32.0 Å². The summed E-state index contributed by atoms with van der Waals surface area (Å²) < 4.78 is 5.65. The maximum atomic E-state index is 12.7. The van der Waals surface area contributed by atoms with E-state index in [-0.39, 0.29) is 23.3 Å². The number of ketones is 1. The number of para-hydroxylation sites is 1. The van der Waals surface area contributed by atoms with Gasteiger partial charge in [-0.05, 0) is 25.5 Å². The number of anilines is 1. The van der Waals surface area contributed by atoms with Crippen molar-refractivity contribution in [2.75, 3.05) is 31.6 Å². The Kier molecular flexibility index (Phi) is 4.54. The van der Waals surface area contributed by atoms with Crippen LogP contribution in [0, 0.1) is 0 Å². The number of ether oxygens (including phenoxy) is 1. The molecule has 0 aliphatic carbocycles. The lowest BCUT2D eigenvalue weighted by Gasteiger charge is -2.36. The maximum absolute atomic E-state index is 12.7. The van der Waals surface area contributed by atoms with Gasteiger partial charge < -0.3 is 9.64 Å². The number of rotatable bonds is 3. The molecule has 0 aromatic heterocycles. The number of likely N-dealkylation sites (N-methyl/N-ethyl adjacent to an activating group) is 1. The first kappa shape index (κ1) is 17.2. The van der Waals surface area contributed by atoms with Gasteiger partial charge in [0.1, 0.15) is 0 Å². The van der Waals surface area contributed by atoms with Crippen LogP contribution in [0.3, 0.4) is 0 Å². The number of nitrogens with zero attached hydrogens (tertiary/aromatic N) is 2. The molecule has 24 heavy (non-hydrogen) atoms. The smallest absolute Gasteiger partial charge is 0.171 e. The first-order valence-electron chi connectivity index (χ1n) is 8.74. The summed E-state index contributed by atoms with van der Waals surface area (Å²) in [4.78, 5) is 17.1. The van der Waals surface area contributed by atoms with E-state index in [9.17, 15) is 4.79 Å². The van der Waals surface area contributed by atoms with Crippen LogP contribution in [0.1, 0.15) is 33.3 Å². The average molecular weight is 328 g/mol. The number of allylic oxidation sites excluding steroid dienone is 1. The van der Waals surface area contributed by atoms with Gasteiger partial charge in [0.2, 0.25) is 0 Å². The molecule has 2 aliphatic rings. The van der Waals surface area contributed by atoms with Crippen molar-refractivity contribution in [1.82, 2.24) is 4.90 Å². The summed E-state index contributed by atoms with van der Waals surface area (Å²) in [6, 6.07) is 8.68. The Morgan fingerprint density at radius 3 is 2.75 bits per heavy atom. The lowest BCUT2D eigenvalue weighted by molar-refractivity contribution is -0.119. The normalized spacial score (nSPS) is 28.2. The third-order valence-electron chi connectivity index (χ3n) is 5.33. The van der Waals surface area contributed by atoms with Crippen molar-refractivity contribution >= 4 is 11.5 Å². The van der Waals surface area contributed by atoms with Crippen LogP contribution in [0.5, 0.6) is 0 Å². The number of fused-ring (bicyclic) bond motifs is 1. The molecule has 130 valence electrons. The van der Waals surface area contributed by atoms with E-state index in [1.165, 1.54) is 11.3 Å². The summed E-state index contributed by atoms with van der Waals surface area (Å²) in [7, 11) is 2.05. The van der Waals surface area contributed by atoms with Crippen LogP contribution in [-0.2, 0) is 14.9 Å². The fourth-order valence-electron chi connectivity index (χ4n) is 3.85. The summed E-state index contributed by atoms with van der Waals surface area (Å²) in [6.45, 7) is 10.5. The standard InChI is InChI=1S/C20H28N2O2/c1-14-13-24-15(2)11-22(14)12-16(23)10-19-20(3,4)17-8-6-7-9-18(17)21(19)5/h6-10,14-15H,11-13H2,1-5H3/b19-10+/t14-,15-/m1/s1. The minimum Gasteiger partial charge on any atom is -0.376 e. The molecule has 0 N–H and O–H groups in total. The van der Waals surface area contributed by atoms with Gasteiger partial charge in [0.25, 0.3) is 0 Å². The molecule has 0 saturated carbocycles. The predicted molar refractivity (Wildman–Crippen MR) is 97.4 cm³/mol. The summed E-state index contributed by atoms with van der Waals surface area (Å²) in [5.41, 5.74) is 3.39. The molecule has 1 aromatic rings. The van der Waals surface area contributed by atoms with Gasteiger partial charge in [0, 0.05) is 42.5 Å². The molecule has 2 atom stereocenters. The Balaban J connectivity index is 1.80. The molecule has 1 fully saturated rings. The topological polar surface area (TPSA) is 32.8 Å². The lowest BCUT2D eigenvalue weighted by atomic mass is 9.83. The zero-order chi connectivity index (χ0) is 17.5. The van der Waals surface area contributed by atoms with Crippen molar-refractivity contribution < 1.29 is 9.53 Å². The van der Waals surface area contributed by atoms with E-state index in [1.807, 2.05) is 19.2 Å². The fraction of sp³-hybridized carbons (Fsp3) is 0.550. The Morgan fingerprint density at radius 2 is 2.04 bits per heavy atom. The van der Waals surface area contributed by atoms with Crippen molar-refractivity contribution in [3.63, 3.8) is 0 Å². The largest absolute Gasteiger partial charge is 0.376 e. The number of morpholine rings is 1. The molecular weight excluding hydrogens is 300 g/mol. The fourth-order valence-corrected chi connectivity index (χ4v) is 3.85. The molecule has 4 nitrogen and oxygen atoms in total. The number of benzene rings is 1. The molecule has 0 amide bonds. The number of hydrogen-bond acceptors (Lipinski definition) is 4. The molecule has 3 rings (SSSR count). The summed E-state index contributed by atoms with van der Waals surface area (Å²) in [5.74, 6) is 0.165. The van der Waals surface area contributed by atoms with Gasteiger partial charge in [-0.15, -0.1) is 0 Å². The molecule has 1 aromatic carbocycles. The molecule has 1 saturated heterocycles. The molecule has 0 unspecified atom stereocenters. The highest BCUT2D eigenvalue weighted by atomic mass is 16.5. The molecule has 0 spiro atoms. The highest BCUT2D eigenvalue weighted by molar-refractivity contribution is 5.94. The first-order valence-corrected chi connectivity index (χ1v) is 8.74. The molecule has 4 heteroatoms. The van der Waals surface area contributed by atoms with Crippen molar-refractivity contribution in [3.8, 4) is 0 Å². The van der Waals surface area contributed by atoms with E-state index in [0.717, 1.165) is 12.2 Å². The summed E-state index contributed by atoms with van der Waals surface area (Å²) >= 11 is 0. The van der Waals surface area contributed by atoms with Gasteiger partial charge in [-0.3, -0.25) is 9.69 Å². The van der Waals surface area contributed by atoms with Crippen molar-refractivity contribution in [2.24, 2.45) is 0 Å². The van der Waals surface area contributed by atoms with Gasteiger partial charge in [-0.2, -0.15) is 0 Å². The molecule has 0 radical (unpaired) electrons. The highest BCUT2D eigenvalue weighted by Crippen LogP contribution is 2.46. The molecule has 0 bridgehead atoms. The highest BCUT2D eigenvalue weighted by Gasteiger charge is 2.38. The lowest BCUT2D eigenvalue weighted by Crippen LogP contribution is -2.49. The van der Waals surface area contributed by atoms with E-state index >= 15 is 0 Å². The number of hydrogen-bond donors (Lipinski definition) is 0. The Labute approximate surface area is 145 Å². The van der Waals surface area contributed by atoms with E-state index < -0.39 is 0 Å². The Bertz CT molecular complexity index is 665. The molecule has 2 aliphatic heterocycles. The monoisotopic (exact) mass is 328 g/mol. The van der Waals surface area contributed by atoms with Crippen LogP contribution >= 0.6 is 0 Å². The second-order valence-corrected chi connectivity index (χ2v) is 7.62. The van der Waals surface area contributed by atoms with Gasteiger partial charge in [0.15, 0.2) is 5.78 Å². The maximum Gasteiger partial charge on any atom is 0.171 e. The third-order valence-corrected chi connectivity index (χ3v) is 5.33. The van der Waals surface area contributed by atoms with Crippen molar-refractivity contribution in [1.29, 1.82) is 0 Å². The van der Waals surface area contributed by atoms with E-state index in [0.29, 0.717) is 13.2 Å². The van der Waals surface area contributed by atoms with Crippen LogP contribution in [0.2, 0.25) is 0 Å². The zero-order valence-corrected chi connectivity index (χ0v) is 15.4. The second-order valence-electron chi connectivity index (χ2n) is 7.62. The minimum absolute atomic E-state index is 0.148. The first-order chi connectivity index (χ1) is 11.3. The summed E-state index contributed by atoms with van der Waals surface area (Å²) in [6.07, 6.45) is 2.03. The second kappa shape index (κ2) is 6.34. The van der Waals surface area contributed by atoms with Crippen molar-refractivity contribution in [2.45, 2.75) is 45.3 Å². The quantitative estimate of drug-likeness (QED) is 0.799.